The second-order valence-electron chi connectivity index (χ2n) is 5.89. The van der Waals surface area contributed by atoms with Crippen molar-refractivity contribution in [2.75, 3.05) is 0 Å². The first kappa shape index (κ1) is 16.1. The smallest absolute Gasteiger partial charge is 0.258 e. The van der Waals surface area contributed by atoms with Gasteiger partial charge in [0.15, 0.2) is 0 Å². The van der Waals surface area contributed by atoms with Gasteiger partial charge in [0.2, 0.25) is 0 Å². The summed E-state index contributed by atoms with van der Waals surface area (Å²) in [4.78, 5) is 14.5. The lowest BCUT2D eigenvalue weighted by Gasteiger charge is -2.27. The molecule has 1 aromatic rings. The lowest BCUT2D eigenvalue weighted by atomic mass is 9.98. The van der Waals surface area contributed by atoms with Crippen molar-refractivity contribution >= 4 is 11.5 Å². The molecular weight excluding hydrogens is 274 g/mol. The molecule has 3 nitrogen and oxygen atoms in total. The molecule has 0 bridgehead atoms. The van der Waals surface area contributed by atoms with Crippen LogP contribution >= 0.6 is 0 Å². The zero-order valence-corrected chi connectivity index (χ0v) is 13.9. The van der Waals surface area contributed by atoms with Gasteiger partial charge in [-0.1, -0.05) is 25.5 Å². The summed E-state index contributed by atoms with van der Waals surface area (Å²) in [5.41, 5.74) is 4.89. The van der Waals surface area contributed by atoms with E-state index in [1.807, 2.05) is 65.1 Å². The third-order valence-corrected chi connectivity index (χ3v) is 3.72. The van der Waals surface area contributed by atoms with E-state index in [9.17, 15) is 4.79 Å². The van der Waals surface area contributed by atoms with Gasteiger partial charge in [-0.05, 0) is 50.5 Å². The van der Waals surface area contributed by atoms with E-state index in [0.717, 1.165) is 28.0 Å². The lowest BCUT2D eigenvalue weighted by molar-refractivity contribution is -0.123. The molecule has 0 aliphatic carbocycles. The van der Waals surface area contributed by atoms with E-state index in [1.54, 1.807) is 17.4 Å². The number of rotatable bonds is 3. The topological polar surface area (TPSA) is 33.5 Å². The quantitative estimate of drug-likeness (QED) is 0.742. The summed E-state index contributed by atoms with van der Waals surface area (Å²) >= 11 is 0. The number of nitrogens with zero attached hydrogens (tertiary/aromatic N) is 1. The van der Waals surface area contributed by atoms with Gasteiger partial charge >= 0.3 is 0 Å². The fourth-order valence-corrected chi connectivity index (χ4v) is 2.51. The number of hydrogen-bond acceptors (Lipinski definition) is 2. The van der Waals surface area contributed by atoms with Gasteiger partial charge in [0.05, 0.1) is 12.5 Å². The number of carbonyl (C=O) groups excluding carboxylic acids is 1. The summed E-state index contributed by atoms with van der Waals surface area (Å²) in [6, 6.07) is 1.92. The van der Waals surface area contributed by atoms with Crippen molar-refractivity contribution in [2.24, 2.45) is 5.92 Å². The molecule has 116 valence electrons. The molecule has 2 heterocycles. The first-order chi connectivity index (χ1) is 10.5. The van der Waals surface area contributed by atoms with Crippen molar-refractivity contribution in [3.05, 3.63) is 65.4 Å². The highest BCUT2D eigenvalue weighted by molar-refractivity contribution is 5.97. The molecule has 1 aromatic heterocycles. The maximum atomic E-state index is 12.8. The standard InChI is InChI=1S/C19H23NO2/c1-6-17(13(2)3)19(21)20-9-7-15(11-18(20)14(4)5)16-8-10-22-12-16/h6-13H,1-5H3/b17-6-. The molecule has 0 spiro atoms. The van der Waals surface area contributed by atoms with Gasteiger partial charge in [-0.25, -0.2) is 0 Å². The van der Waals surface area contributed by atoms with Crippen LogP contribution < -0.4 is 0 Å². The van der Waals surface area contributed by atoms with E-state index in [-0.39, 0.29) is 11.8 Å². The van der Waals surface area contributed by atoms with Crippen LogP contribution in [0.2, 0.25) is 0 Å². The van der Waals surface area contributed by atoms with E-state index >= 15 is 0 Å². The number of amides is 1. The van der Waals surface area contributed by atoms with Crippen LogP contribution in [0.15, 0.2) is 64.3 Å². The molecule has 22 heavy (non-hydrogen) atoms. The largest absolute Gasteiger partial charge is 0.472 e. The summed E-state index contributed by atoms with van der Waals surface area (Å²) in [6.07, 6.45) is 11.1. The average molecular weight is 297 g/mol. The first-order valence-corrected chi connectivity index (χ1v) is 7.55. The number of carbonyl (C=O) groups is 1. The maximum absolute atomic E-state index is 12.8. The van der Waals surface area contributed by atoms with Crippen molar-refractivity contribution in [1.29, 1.82) is 0 Å². The van der Waals surface area contributed by atoms with Crippen LogP contribution in [-0.2, 0) is 4.79 Å². The third-order valence-electron chi connectivity index (χ3n) is 3.72. The van der Waals surface area contributed by atoms with E-state index in [2.05, 4.69) is 0 Å². The van der Waals surface area contributed by atoms with Gasteiger partial charge in [-0.2, -0.15) is 0 Å². The second-order valence-corrected chi connectivity index (χ2v) is 5.89. The minimum absolute atomic E-state index is 0.0347. The first-order valence-electron chi connectivity index (χ1n) is 7.55. The second kappa shape index (κ2) is 6.65. The van der Waals surface area contributed by atoms with Crippen molar-refractivity contribution in [1.82, 2.24) is 4.90 Å². The van der Waals surface area contributed by atoms with Crippen LogP contribution in [0.4, 0.5) is 0 Å². The maximum Gasteiger partial charge on any atom is 0.258 e. The zero-order chi connectivity index (χ0) is 16.3. The molecule has 0 unspecified atom stereocenters. The third kappa shape index (κ3) is 3.14. The average Bonchev–Trinajstić information content (AvgIpc) is 3.01. The van der Waals surface area contributed by atoms with Gasteiger partial charge < -0.3 is 4.42 Å². The molecular formula is C19H23NO2. The fraction of sp³-hybridized carbons (Fsp3) is 0.316. The molecule has 1 aliphatic rings. The molecule has 0 fully saturated rings. The molecule has 0 saturated heterocycles. The van der Waals surface area contributed by atoms with Crippen LogP contribution in [0.1, 0.15) is 40.2 Å². The van der Waals surface area contributed by atoms with Crippen LogP contribution in [0.25, 0.3) is 5.57 Å². The molecule has 1 aliphatic heterocycles. The highest BCUT2D eigenvalue weighted by atomic mass is 16.3. The summed E-state index contributed by atoms with van der Waals surface area (Å²) in [7, 11) is 0. The van der Waals surface area contributed by atoms with Crippen molar-refractivity contribution in [3.63, 3.8) is 0 Å². The molecule has 2 rings (SSSR count). The van der Waals surface area contributed by atoms with Gasteiger partial charge in [0.25, 0.3) is 5.91 Å². The summed E-state index contributed by atoms with van der Waals surface area (Å²) < 4.78 is 5.14. The molecule has 0 N–H and O–H groups in total. The minimum Gasteiger partial charge on any atom is -0.472 e. The molecule has 0 atom stereocenters. The highest BCUT2D eigenvalue weighted by Gasteiger charge is 2.23. The normalized spacial score (nSPS) is 15.4. The molecule has 0 saturated carbocycles. The Bertz CT molecular complexity index is 666. The number of allylic oxidation sites excluding steroid dienone is 5. The van der Waals surface area contributed by atoms with Crippen molar-refractivity contribution in [3.8, 4) is 0 Å². The Labute approximate surface area is 132 Å². The SMILES string of the molecule is C/C=C(\C(=O)N1C=CC(c2ccoc2)=CC1=C(C)C)C(C)C. The Morgan fingerprint density at radius 1 is 1.32 bits per heavy atom. The van der Waals surface area contributed by atoms with E-state index in [0.29, 0.717) is 0 Å². The van der Waals surface area contributed by atoms with E-state index in [1.165, 1.54) is 0 Å². The van der Waals surface area contributed by atoms with E-state index < -0.39 is 0 Å². The van der Waals surface area contributed by atoms with Crippen molar-refractivity contribution < 1.29 is 9.21 Å². The summed E-state index contributed by atoms with van der Waals surface area (Å²) in [5.74, 6) is 0.232. The van der Waals surface area contributed by atoms with Gasteiger partial charge in [-0.3, -0.25) is 9.69 Å². The number of furan rings is 1. The summed E-state index contributed by atoms with van der Waals surface area (Å²) in [5, 5.41) is 0. The predicted octanol–water partition coefficient (Wildman–Crippen LogP) is 4.92. The van der Waals surface area contributed by atoms with Crippen molar-refractivity contribution in [2.45, 2.75) is 34.6 Å². The number of hydrogen-bond donors (Lipinski definition) is 0. The Morgan fingerprint density at radius 2 is 2.05 bits per heavy atom. The van der Waals surface area contributed by atoms with Gasteiger partial charge in [-0.15, -0.1) is 0 Å². The molecule has 0 radical (unpaired) electrons. The highest BCUT2D eigenvalue weighted by Crippen LogP contribution is 2.29. The minimum atomic E-state index is 0.0347. The van der Waals surface area contributed by atoms with Crippen LogP contribution in [0, 0.1) is 5.92 Å². The zero-order valence-electron chi connectivity index (χ0n) is 13.9. The molecule has 1 amide bonds. The molecule has 3 heteroatoms. The Hall–Kier alpha value is -2.29. The Balaban J connectivity index is 2.39. The van der Waals surface area contributed by atoms with Crippen LogP contribution in [0.5, 0.6) is 0 Å². The fourth-order valence-electron chi connectivity index (χ4n) is 2.51. The predicted molar refractivity (Wildman–Crippen MR) is 89.6 cm³/mol. The Morgan fingerprint density at radius 3 is 2.55 bits per heavy atom. The summed E-state index contributed by atoms with van der Waals surface area (Å²) in [6.45, 7) is 10.0. The van der Waals surface area contributed by atoms with Crippen LogP contribution in [0.3, 0.4) is 0 Å². The Kier molecular flexibility index (Phi) is 4.86. The van der Waals surface area contributed by atoms with E-state index in [4.69, 9.17) is 4.42 Å². The molecule has 0 aromatic carbocycles. The van der Waals surface area contributed by atoms with Gasteiger partial charge in [0.1, 0.15) is 0 Å². The van der Waals surface area contributed by atoms with Crippen LogP contribution in [-0.4, -0.2) is 10.8 Å². The lowest BCUT2D eigenvalue weighted by Crippen LogP contribution is -2.29. The monoisotopic (exact) mass is 297 g/mol. The van der Waals surface area contributed by atoms with Gasteiger partial charge in [0, 0.05) is 23.0 Å².